The van der Waals surface area contributed by atoms with Crippen molar-refractivity contribution < 1.29 is 9.47 Å². The summed E-state index contributed by atoms with van der Waals surface area (Å²) in [5, 5.41) is 3.68. The molecule has 1 atom stereocenters. The zero-order valence-electron chi connectivity index (χ0n) is 13.5. The summed E-state index contributed by atoms with van der Waals surface area (Å²) in [5.41, 5.74) is 2.08. The summed E-state index contributed by atoms with van der Waals surface area (Å²) in [5.74, 6) is 0. The normalized spacial score (nSPS) is 19.4. The maximum Gasteiger partial charge on any atom is 0.0920 e. The smallest absolute Gasteiger partial charge is 0.0920 e. The molecule has 1 N–H and O–H groups in total. The predicted molar refractivity (Wildman–Crippen MR) is 84.4 cm³/mol. The summed E-state index contributed by atoms with van der Waals surface area (Å²) in [6, 6.07) is 4.43. The Morgan fingerprint density at radius 3 is 2.67 bits per heavy atom. The molecule has 4 nitrogen and oxygen atoms in total. The van der Waals surface area contributed by atoms with E-state index in [0.29, 0.717) is 0 Å². The van der Waals surface area contributed by atoms with Crippen LogP contribution < -0.4 is 5.32 Å². The lowest BCUT2D eigenvalue weighted by molar-refractivity contribution is -0.128. The van der Waals surface area contributed by atoms with Gasteiger partial charge in [-0.3, -0.25) is 4.98 Å². The van der Waals surface area contributed by atoms with Gasteiger partial charge >= 0.3 is 0 Å². The third kappa shape index (κ3) is 4.02. The predicted octanol–water partition coefficient (Wildman–Crippen LogP) is 3.02. The highest BCUT2D eigenvalue weighted by molar-refractivity contribution is 5.21. The third-order valence-electron chi connectivity index (χ3n) is 4.16. The van der Waals surface area contributed by atoms with E-state index in [4.69, 9.17) is 9.47 Å². The minimum atomic E-state index is -0.181. The van der Waals surface area contributed by atoms with Crippen LogP contribution in [0, 0.1) is 6.92 Å². The molecule has 2 rings (SSSR count). The van der Waals surface area contributed by atoms with Gasteiger partial charge in [-0.15, -0.1) is 0 Å². The van der Waals surface area contributed by atoms with Crippen LogP contribution in [0.1, 0.15) is 50.4 Å². The first-order chi connectivity index (χ1) is 10.2. The van der Waals surface area contributed by atoms with Crippen LogP contribution in [-0.2, 0) is 9.47 Å². The molecular weight excluding hydrogens is 264 g/mol. The average Bonchev–Trinajstić information content (AvgIpc) is 2.50. The molecule has 1 saturated heterocycles. The Hall–Kier alpha value is -0.970. The summed E-state index contributed by atoms with van der Waals surface area (Å²) in [7, 11) is 0. The lowest BCUT2D eigenvalue weighted by Gasteiger charge is -2.43. The molecule has 4 heteroatoms. The summed E-state index contributed by atoms with van der Waals surface area (Å²) in [4.78, 5) is 4.47. The second-order valence-electron chi connectivity index (χ2n) is 5.73. The minimum Gasteiger partial charge on any atom is -0.381 e. The molecule has 118 valence electrons. The van der Waals surface area contributed by atoms with Crippen molar-refractivity contribution in [2.45, 2.75) is 51.7 Å². The van der Waals surface area contributed by atoms with E-state index in [-0.39, 0.29) is 11.6 Å². The van der Waals surface area contributed by atoms with Gasteiger partial charge in [0.05, 0.1) is 11.6 Å². The van der Waals surface area contributed by atoms with Crippen molar-refractivity contribution in [3.05, 3.63) is 29.6 Å². The molecule has 1 aliphatic heterocycles. The molecule has 0 amide bonds. The van der Waals surface area contributed by atoms with Crippen molar-refractivity contribution in [3.63, 3.8) is 0 Å². The number of aryl methyl sites for hydroxylation is 1. The molecular formula is C17H28N2O2. The zero-order valence-corrected chi connectivity index (χ0v) is 13.5. The fourth-order valence-corrected chi connectivity index (χ4v) is 3.07. The quantitative estimate of drug-likeness (QED) is 0.839. The summed E-state index contributed by atoms with van der Waals surface area (Å²) >= 11 is 0. The van der Waals surface area contributed by atoms with Crippen LogP contribution in [0.15, 0.2) is 18.3 Å². The average molecular weight is 292 g/mol. The van der Waals surface area contributed by atoms with Crippen LogP contribution >= 0.6 is 0 Å². The standard InChI is InChI=1S/C17H28N2O2/c1-4-10-18-16(15-7-6-14(3)19-13-15)17(21-5-2)8-11-20-12-9-17/h6-7,13,16,18H,4-5,8-12H2,1-3H3. The fourth-order valence-electron chi connectivity index (χ4n) is 3.07. The molecule has 1 aliphatic rings. The second kappa shape index (κ2) is 7.87. The minimum absolute atomic E-state index is 0.175. The van der Waals surface area contributed by atoms with Gasteiger partial charge in [-0.1, -0.05) is 13.0 Å². The number of rotatable bonds is 7. The Morgan fingerprint density at radius 1 is 1.33 bits per heavy atom. The van der Waals surface area contributed by atoms with Crippen LogP contribution in [0.2, 0.25) is 0 Å². The van der Waals surface area contributed by atoms with Crippen molar-refractivity contribution in [2.24, 2.45) is 0 Å². The van der Waals surface area contributed by atoms with Gasteiger partial charge < -0.3 is 14.8 Å². The van der Waals surface area contributed by atoms with Gasteiger partial charge in [0.25, 0.3) is 0 Å². The Balaban J connectivity index is 2.29. The number of pyridine rings is 1. The van der Waals surface area contributed by atoms with E-state index in [0.717, 1.165) is 51.3 Å². The van der Waals surface area contributed by atoms with E-state index in [9.17, 15) is 0 Å². The van der Waals surface area contributed by atoms with E-state index >= 15 is 0 Å². The van der Waals surface area contributed by atoms with Crippen molar-refractivity contribution >= 4 is 0 Å². The van der Waals surface area contributed by atoms with Gasteiger partial charge in [0.2, 0.25) is 0 Å². The van der Waals surface area contributed by atoms with Gasteiger partial charge in [0.1, 0.15) is 0 Å². The van der Waals surface area contributed by atoms with E-state index < -0.39 is 0 Å². The molecule has 2 heterocycles. The lowest BCUT2D eigenvalue weighted by atomic mass is 9.82. The van der Waals surface area contributed by atoms with Crippen molar-refractivity contribution in [3.8, 4) is 0 Å². The zero-order chi connectivity index (χ0) is 15.1. The largest absolute Gasteiger partial charge is 0.381 e. The number of ether oxygens (including phenoxy) is 2. The van der Waals surface area contributed by atoms with Crippen molar-refractivity contribution in [1.82, 2.24) is 10.3 Å². The van der Waals surface area contributed by atoms with Crippen LogP contribution in [0.5, 0.6) is 0 Å². The van der Waals surface area contributed by atoms with Gasteiger partial charge in [-0.2, -0.15) is 0 Å². The first-order valence-electron chi connectivity index (χ1n) is 8.09. The SMILES string of the molecule is CCCNC(c1ccc(C)nc1)C1(OCC)CCOCC1. The van der Waals surface area contributed by atoms with E-state index in [1.807, 2.05) is 13.1 Å². The molecule has 1 fully saturated rings. The molecule has 0 radical (unpaired) electrons. The topological polar surface area (TPSA) is 43.4 Å². The Morgan fingerprint density at radius 2 is 2.10 bits per heavy atom. The van der Waals surface area contributed by atoms with Crippen LogP contribution in [-0.4, -0.2) is 37.0 Å². The molecule has 1 aromatic rings. The molecule has 0 spiro atoms. The number of hydrogen-bond acceptors (Lipinski definition) is 4. The van der Waals surface area contributed by atoms with Gasteiger partial charge in [-0.05, 0) is 38.4 Å². The summed E-state index contributed by atoms with van der Waals surface area (Å²) < 4.78 is 11.8. The number of hydrogen-bond donors (Lipinski definition) is 1. The third-order valence-corrected chi connectivity index (χ3v) is 4.16. The van der Waals surface area contributed by atoms with Crippen LogP contribution in [0.3, 0.4) is 0 Å². The van der Waals surface area contributed by atoms with Crippen LogP contribution in [0.4, 0.5) is 0 Å². The first-order valence-corrected chi connectivity index (χ1v) is 8.09. The maximum absolute atomic E-state index is 6.24. The molecule has 1 unspecified atom stereocenters. The van der Waals surface area contributed by atoms with Crippen LogP contribution in [0.25, 0.3) is 0 Å². The van der Waals surface area contributed by atoms with Gasteiger partial charge in [0, 0.05) is 44.6 Å². The Labute approximate surface area is 128 Å². The second-order valence-corrected chi connectivity index (χ2v) is 5.73. The molecule has 0 aliphatic carbocycles. The van der Waals surface area contributed by atoms with Gasteiger partial charge in [0.15, 0.2) is 0 Å². The number of aromatic nitrogens is 1. The summed E-state index contributed by atoms with van der Waals surface area (Å²) in [6.45, 7) is 9.52. The van der Waals surface area contributed by atoms with E-state index in [1.165, 1.54) is 5.56 Å². The maximum atomic E-state index is 6.24. The number of nitrogens with zero attached hydrogens (tertiary/aromatic N) is 1. The molecule has 1 aromatic heterocycles. The molecule has 0 saturated carbocycles. The number of nitrogens with one attached hydrogen (secondary N) is 1. The van der Waals surface area contributed by atoms with Crippen molar-refractivity contribution in [1.29, 1.82) is 0 Å². The highest BCUT2D eigenvalue weighted by Gasteiger charge is 2.41. The fraction of sp³-hybridized carbons (Fsp3) is 0.706. The lowest BCUT2D eigenvalue weighted by Crippen LogP contribution is -2.50. The van der Waals surface area contributed by atoms with E-state index in [2.05, 4.69) is 36.3 Å². The highest BCUT2D eigenvalue weighted by Crippen LogP contribution is 2.37. The van der Waals surface area contributed by atoms with Crippen molar-refractivity contribution in [2.75, 3.05) is 26.4 Å². The van der Waals surface area contributed by atoms with E-state index in [1.54, 1.807) is 0 Å². The Bertz CT molecular complexity index is 408. The summed E-state index contributed by atoms with van der Waals surface area (Å²) in [6.07, 6.45) is 4.94. The van der Waals surface area contributed by atoms with Gasteiger partial charge in [-0.25, -0.2) is 0 Å². The Kier molecular flexibility index (Phi) is 6.15. The first kappa shape index (κ1) is 16.4. The highest BCUT2D eigenvalue weighted by atomic mass is 16.5. The monoisotopic (exact) mass is 292 g/mol. The molecule has 0 bridgehead atoms. The molecule has 0 aromatic carbocycles. The molecule has 21 heavy (non-hydrogen) atoms.